The summed E-state index contributed by atoms with van der Waals surface area (Å²) in [4.78, 5) is 61.1. The predicted octanol–water partition coefficient (Wildman–Crippen LogP) is 1.41. The van der Waals surface area contributed by atoms with Gasteiger partial charge in [-0.2, -0.15) is 0 Å². The Bertz CT molecular complexity index is 1130. The van der Waals surface area contributed by atoms with Crippen LogP contribution in [0.4, 0.5) is 5.69 Å². The summed E-state index contributed by atoms with van der Waals surface area (Å²) in [6.45, 7) is 1.38. The zero-order valence-electron chi connectivity index (χ0n) is 18.2. The van der Waals surface area contributed by atoms with Crippen LogP contribution in [-0.2, 0) is 14.3 Å². The highest BCUT2D eigenvalue weighted by molar-refractivity contribution is 6.25. The van der Waals surface area contributed by atoms with Gasteiger partial charge in [0.1, 0.15) is 24.7 Å². The highest BCUT2D eigenvalue weighted by Crippen LogP contribution is 2.32. The molecule has 2 aromatic carbocycles. The van der Waals surface area contributed by atoms with Crippen molar-refractivity contribution >= 4 is 35.6 Å². The van der Waals surface area contributed by atoms with Crippen LogP contribution in [0.2, 0.25) is 0 Å². The predicted molar refractivity (Wildman–Crippen MR) is 120 cm³/mol. The number of piperidine rings is 1. The molecule has 0 saturated carbocycles. The van der Waals surface area contributed by atoms with Crippen LogP contribution in [-0.4, -0.2) is 67.2 Å². The molecule has 1 atom stereocenters. The Morgan fingerprint density at radius 3 is 2.53 bits per heavy atom. The average molecular weight is 465 g/mol. The molecule has 2 aliphatic rings. The zero-order chi connectivity index (χ0) is 24.1. The number of fused-ring (bicyclic) bond motifs is 1. The SMILES string of the molecule is O=Cc1ccc(OCCOCCNc2cccc3c2C(=O)N(C2CCC(=O)NC2=O)C3=O)cc1. The lowest BCUT2D eigenvalue weighted by molar-refractivity contribution is -0.136. The van der Waals surface area contributed by atoms with Gasteiger partial charge < -0.3 is 14.8 Å². The lowest BCUT2D eigenvalue weighted by atomic mass is 10.0. The van der Waals surface area contributed by atoms with E-state index in [1.165, 1.54) is 0 Å². The van der Waals surface area contributed by atoms with Crippen LogP contribution < -0.4 is 15.4 Å². The Morgan fingerprint density at radius 2 is 1.79 bits per heavy atom. The Balaban J connectivity index is 1.27. The summed E-state index contributed by atoms with van der Waals surface area (Å²) in [6.07, 6.45) is 0.938. The van der Waals surface area contributed by atoms with Gasteiger partial charge in [-0.15, -0.1) is 0 Å². The number of nitrogens with zero attached hydrogens (tertiary/aromatic N) is 1. The fourth-order valence-corrected chi connectivity index (χ4v) is 3.88. The number of carbonyl (C=O) groups is 5. The summed E-state index contributed by atoms with van der Waals surface area (Å²) >= 11 is 0. The number of amides is 4. The van der Waals surface area contributed by atoms with Crippen molar-refractivity contribution in [1.29, 1.82) is 0 Å². The second kappa shape index (κ2) is 10.3. The van der Waals surface area contributed by atoms with Crippen molar-refractivity contribution < 1.29 is 33.4 Å². The number of imide groups is 2. The Kier molecular flexibility index (Phi) is 6.98. The fourth-order valence-electron chi connectivity index (χ4n) is 3.88. The van der Waals surface area contributed by atoms with Gasteiger partial charge in [-0.05, 0) is 42.8 Å². The third kappa shape index (κ3) is 4.81. The molecule has 176 valence electrons. The van der Waals surface area contributed by atoms with Gasteiger partial charge in [0.05, 0.1) is 24.3 Å². The molecule has 4 rings (SSSR count). The number of benzene rings is 2. The molecule has 0 spiro atoms. The molecule has 2 aromatic rings. The number of hydrogen-bond donors (Lipinski definition) is 2. The first-order valence-corrected chi connectivity index (χ1v) is 10.8. The van der Waals surface area contributed by atoms with Crippen molar-refractivity contribution in [3.05, 3.63) is 59.2 Å². The highest BCUT2D eigenvalue weighted by atomic mass is 16.5. The van der Waals surface area contributed by atoms with Gasteiger partial charge in [0.2, 0.25) is 11.8 Å². The van der Waals surface area contributed by atoms with E-state index < -0.39 is 29.7 Å². The molecule has 1 saturated heterocycles. The second-order valence-electron chi connectivity index (χ2n) is 7.75. The number of ether oxygens (including phenoxy) is 2. The van der Waals surface area contributed by atoms with Crippen LogP contribution in [0.15, 0.2) is 42.5 Å². The van der Waals surface area contributed by atoms with E-state index in [0.717, 1.165) is 11.2 Å². The molecular formula is C24H23N3O7. The lowest BCUT2D eigenvalue weighted by Gasteiger charge is -2.27. The van der Waals surface area contributed by atoms with E-state index in [2.05, 4.69) is 10.6 Å². The minimum Gasteiger partial charge on any atom is -0.491 e. The van der Waals surface area contributed by atoms with Crippen molar-refractivity contribution in [1.82, 2.24) is 10.2 Å². The largest absolute Gasteiger partial charge is 0.491 e. The summed E-state index contributed by atoms with van der Waals surface area (Å²) in [5, 5.41) is 5.29. The van der Waals surface area contributed by atoms with Crippen LogP contribution >= 0.6 is 0 Å². The van der Waals surface area contributed by atoms with Gasteiger partial charge in [0.25, 0.3) is 11.8 Å². The Morgan fingerprint density at radius 1 is 1.00 bits per heavy atom. The highest BCUT2D eigenvalue weighted by Gasteiger charge is 2.45. The Hall–Kier alpha value is -4.05. The summed E-state index contributed by atoms with van der Waals surface area (Å²) in [7, 11) is 0. The third-order valence-electron chi connectivity index (χ3n) is 5.54. The van der Waals surface area contributed by atoms with Gasteiger partial charge >= 0.3 is 0 Å². The molecule has 0 radical (unpaired) electrons. The molecule has 0 aromatic heterocycles. The van der Waals surface area contributed by atoms with E-state index in [4.69, 9.17) is 9.47 Å². The Labute approximate surface area is 195 Å². The van der Waals surface area contributed by atoms with E-state index in [0.29, 0.717) is 43.4 Å². The molecule has 2 aliphatic heterocycles. The smallest absolute Gasteiger partial charge is 0.264 e. The van der Waals surface area contributed by atoms with Crippen molar-refractivity contribution in [3.8, 4) is 5.75 Å². The third-order valence-corrected chi connectivity index (χ3v) is 5.54. The number of carbonyl (C=O) groups excluding carboxylic acids is 5. The number of nitrogens with one attached hydrogen (secondary N) is 2. The van der Waals surface area contributed by atoms with Gasteiger partial charge in [0.15, 0.2) is 0 Å². The van der Waals surface area contributed by atoms with Gasteiger partial charge in [-0.3, -0.25) is 34.2 Å². The first-order valence-electron chi connectivity index (χ1n) is 10.8. The number of aldehydes is 1. The van der Waals surface area contributed by atoms with Gasteiger partial charge in [-0.25, -0.2) is 0 Å². The van der Waals surface area contributed by atoms with E-state index in [-0.39, 0.29) is 24.0 Å². The van der Waals surface area contributed by atoms with Crippen molar-refractivity contribution in [3.63, 3.8) is 0 Å². The van der Waals surface area contributed by atoms with Crippen LogP contribution in [0.25, 0.3) is 0 Å². The minimum atomic E-state index is -1.00. The van der Waals surface area contributed by atoms with Crippen LogP contribution in [0.1, 0.15) is 43.9 Å². The summed E-state index contributed by atoms with van der Waals surface area (Å²) < 4.78 is 11.1. The molecule has 10 nitrogen and oxygen atoms in total. The van der Waals surface area contributed by atoms with Crippen LogP contribution in [0.3, 0.4) is 0 Å². The number of rotatable bonds is 10. The maximum absolute atomic E-state index is 13.0. The summed E-state index contributed by atoms with van der Waals surface area (Å²) in [5.74, 6) is -1.53. The monoisotopic (exact) mass is 465 g/mol. The molecule has 0 bridgehead atoms. The molecule has 4 amide bonds. The standard InChI is InChI=1S/C24H23N3O7/c28-14-15-4-6-16(7-5-15)34-13-12-33-11-10-25-18-3-1-2-17-21(18)24(32)27(23(17)31)19-8-9-20(29)26-22(19)30/h1-7,14,19,25H,8-13H2,(H,26,29,30). The number of anilines is 1. The van der Waals surface area contributed by atoms with Crippen molar-refractivity contribution in [2.75, 3.05) is 31.7 Å². The molecule has 2 N–H and O–H groups in total. The minimum absolute atomic E-state index is 0.0695. The average Bonchev–Trinajstić information content (AvgIpc) is 3.09. The zero-order valence-corrected chi connectivity index (χ0v) is 18.2. The molecule has 1 unspecified atom stereocenters. The maximum atomic E-state index is 13.0. The lowest BCUT2D eigenvalue weighted by Crippen LogP contribution is -2.54. The molecule has 1 fully saturated rings. The normalized spacial score (nSPS) is 17.4. The van der Waals surface area contributed by atoms with Gasteiger partial charge in [-0.1, -0.05) is 6.07 Å². The summed E-state index contributed by atoms with van der Waals surface area (Å²) in [5.41, 5.74) is 1.47. The van der Waals surface area contributed by atoms with Crippen molar-refractivity contribution in [2.24, 2.45) is 0 Å². The molecule has 10 heteroatoms. The van der Waals surface area contributed by atoms with Gasteiger partial charge in [0, 0.05) is 24.2 Å². The maximum Gasteiger partial charge on any atom is 0.264 e. The number of hydrogen-bond acceptors (Lipinski definition) is 8. The van der Waals surface area contributed by atoms with Crippen molar-refractivity contribution in [2.45, 2.75) is 18.9 Å². The first-order chi connectivity index (χ1) is 16.5. The molecule has 0 aliphatic carbocycles. The quantitative estimate of drug-likeness (QED) is 0.306. The van der Waals surface area contributed by atoms with Crippen LogP contribution in [0.5, 0.6) is 5.75 Å². The van der Waals surface area contributed by atoms with E-state index in [9.17, 15) is 24.0 Å². The van der Waals surface area contributed by atoms with E-state index in [1.807, 2.05) is 0 Å². The first kappa shape index (κ1) is 23.1. The fraction of sp³-hybridized carbons (Fsp3) is 0.292. The molecule has 2 heterocycles. The van der Waals surface area contributed by atoms with Crippen LogP contribution in [0, 0.1) is 0 Å². The molecule has 34 heavy (non-hydrogen) atoms. The van der Waals surface area contributed by atoms with E-state index >= 15 is 0 Å². The topological polar surface area (TPSA) is 131 Å². The second-order valence-corrected chi connectivity index (χ2v) is 7.75. The summed E-state index contributed by atoms with van der Waals surface area (Å²) in [6, 6.07) is 10.6. The van der Waals surface area contributed by atoms with E-state index in [1.54, 1.807) is 42.5 Å². The molecular weight excluding hydrogens is 442 g/mol.